The van der Waals surface area contributed by atoms with E-state index in [0.29, 0.717) is 6.61 Å². The van der Waals surface area contributed by atoms with Crippen LogP contribution in [0, 0.1) is 0 Å². The molecule has 128 valence electrons. The molecule has 0 bridgehead atoms. The fourth-order valence-corrected chi connectivity index (χ4v) is 2.55. The van der Waals surface area contributed by atoms with Crippen molar-refractivity contribution >= 4 is 5.78 Å². The Labute approximate surface area is 141 Å². The highest BCUT2D eigenvalue weighted by atomic mass is 16.7. The summed E-state index contributed by atoms with van der Waals surface area (Å²) in [6.45, 7) is 4.13. The van der Waals surface area contributed by atoms with E-state index in [1.807, 2.05) is 49.4 Å². The summed E-state index contributed by atoms with van der Waals surface area (Å²) in [5.74, 6) is -0.0484. The molecule has 0 saturated carbocycles. The molecule has 3 rings (SSSR count). The lowest BCUT2D eigenvalue weighted by atomic mass is 10.1. The Bertz CT molecular complexity index is 609. The summed E-state index contributed by atoms with van der Waals surface area (Å²) in [5, 5.41) is 0. The lowest BCUT2D eigenvalue weighted by molar-refractivity contribution is -0.216. The molecule has 0 aromatic heterocycles. The maximum absolute atomic E-state index is 11.4. The van der Waals surface area contributed by atoms with Gasteiger partial charge in [-0.2, -0.15) is 0 Å². The van der Waals surface area contributed by atoms with E-state index in [1.54, 1.807) is 13.0 Å². The van der Waals surface area contributed by atoms with Gasteiger partial charge in [-0.3, -0.25) is 4.79 Å². The van der Waals surface area contributed by atoms with Crippen LogP contribution in [0.1, 0.15) is 19.4 Å². The van der Waals surface area contributed by atoms with E-state index >= 15 is 0 Å². The number of ether oxygens (including phenoxy) is 4. The monoisotopic (exact) mass is 330 g/mol. The van der Waals surface area contributed by atoms with Crippen molar-refractivity contribution < 1.29 is 23.7 Å². The van der Waals surface area contributed by atoms with Crippen LogP contribution in [0.3, 0.4) is 0 Å². The normalized spacial score (nSPS) is 32.9. The number of rotatable bonds is 5. The lowest BCUT2D eigenvalue weighted by Crippen LogP contribution is -2.40. The second-order valence-electron chi connectivity index (χ2n) is 5.90. The molecule has 2 aliphatic heterocycles. The highest BCUT2D eigenvalue weighted by Gasteiger charge is 2.29. The average Bonchev–Trinajstić information content (AvgIpc) is 2.59. The van der Waals surface area contributed by atoms with Gasteiger partial charge < -0.3 is 18.9 Å². The van der Waals surface area contributed by atoms with Crippen LogP contribution < -0.4 is 0 Å². The molecular weight excluding hydrogens is 308 g/mol. The molecule has 0 unspecified atom stereocenters. The second-order valence-corrected chi connectivity index (χ2v) is 5.90. The number of carbonyl (C=O) groups is 1. The van der Waals surface area contributed by atoms with Crippen LogP contribution in [0.15, 0.2) is 54.6 Å². The first-order valence-corrected chi connectivity index (χ1v) is 8.14. The molecule has 5 atom stereocenters. The first kappa shape index (κ1) is 17.0. The van der Waals surface area contributed by atoms with Gasteiger partial charge in [0.1, 0.15) is 12.2 Å². The van der Waals surface area contributed by atoms with E-state index in [2.05, 4.69) is 0 Å². The molecule has 0 fully saturated rings. The molecular formula is C19H22O5. The fourth-order valence-electron chi connectivity index (χ4n) is 2.55. The molecule has 1 aromatic rings. The Kier molecular flexibility index (Phi) is 5.58. The van der Waals surface area contributed by atoms with Crippen molar-refractivity contribution in [2.24, 2.45) is 0 Å². The first-order chi connectivity index (χ1) is 11.6. The molecule has 0 spiro atoms. The maximum Gasteiger partial charge on any atom is 0.184 e. The van der Waals surface area contributed by atoms with E-state index in [4.69, 9.17) is 18.9 Å². The minimum absolute atomic E-state index is 0.0484. The molecule has 1 aromatic carbocycles. The summed E-state index contributed by atoms with van der Waals surface area (Å²) in [6, 6.07) is 9.95. The van der Waals surface area contributed by atoms with Gasteiger partial charge in [-0.1, -0.05) is 36.4 Å². The molecule has 2 heterocycles. The second kappa shape index (κ2) is 7.85. The molecule has 5 heteroatoms. The van der Waals surface area contributed by atoms with Crippen molar-refractivity contribution in [3.63, 3.8) is 0 Å². The summed E-state index contributed by atoms with van der Waals surface area (Å²) in [6.07, 6.45) is 5.03. The van der Waals surface area contributed by atoms with E-state index < -0.39 is 18.7 Å². The van der Waals surface area contributed by atoms with Crippen molar-refractivity contribution in [3.05, 3.63) is 60.2 Å². The van der Waals surface area contributed by atoms with E-state index in [0.717, 1.165) is 5.56 Å². The van der Waals surface area contributed by atoms with Crippen molar-refractivity contribution in [2.45, 2.75) is 51.3 Å². The Balaban J connectivity index is 1.51. The quantitative estimate of drug-likeness (QED) is 0.777. The zero-order chi connectivity index (χ0) is 16.9. The zero-order valence-corrected chi connectivity index (χ0v) is 13.8. The van der Waals surface area contributed by atoms with Crippen LogP contribution in [0.25, 0.3) is 0 Å². The van der Waals surface area contributed by atoms with Gasteiger partial charge in [0, 0.05) is 0 Å². The SMILES string of the molecule is C[C@@H]1O[C@@H](O[C@@H]2C=C[C@H](OCc3ccccc3)O[C@H]2C)C=CC1=O. The van der Waals surface area contributed by atoms with Crippen molar-refractivity contribution in [2.75, 3.05) is 0 Å². The number of ketones is 1. The summed E-state index contributed by atoms with van der Waals surface area (Å²) >= 11 is 0. The van der Waals surface area contributed by atoms with Crippen LogP contribution in [-0.4, -0.2) is 36.7 Å². The Morgan fingerprint density at radius 2 is 1.79 bits per heavy atom. The predicted molar refractivity (Wildman–Crippen MR) is 88.1 cm³/mol. The molecule has 0 amide bonds. The summed E-state index contributed by atoms with van der Waals surface area (Å²) in [7, 11) is 0. The van der Waals surface area contributed by atoms with Gasteiger partial charge in [0.05, 0.1) is 12.7 Å². The van der Waals surface area contributed by atoms with Gasteiger partial charge >= 0.3 is 0 Å². The molecule has 0 radical (unpaired) electrons. The summed E-state index contributed by atoms with van der Waals surface area (Å²) in [5.41, 5.74) is 1.10. The number of hydrogen-bond acceptors (Lipinski definition) is 5. The Morgan fingerprint density at radius 1 is 1.00 bits per heavy atom. The average molecular weight is 330 g/mol. The zero-order valence-electron chi connectivity index (χ0n) is 13.8. The van der Waals surface area contributed by atoms with Crippen molar-refractivity contribution in [1.29, 1.82) is 0 Å². The third-order valence-electron chi connectivity index (χ3n) is 3.97. The van der Waals surface area contributed by atoms with E-state index in [9.17, 15) is 4.79 Å². The van der Waals surface area contributed by atoms with Crippen LogP contribution in [-0.2, 0) is 30.3 Å². The lowest BCUT2D eigenvalue weighted by Gasteiger charge is -2.33. The molecule has 5 nitrogen and oxygen atoms in total. The Morgan fingerprint density at radius 3 is 2.50 bits per heavy atom. The number of carbonyl (C=O) groups excluding carboxylic acids is 1. The van der Waals surface area contributed by atoms with Gasteiger partial charge in [0.25, 0.3) is 0 Å². The van der Waals surface area contributed by atoms with E-state index in [1.165, 1.54) is 6.08 Å². The first-order valence-electron chi connectivity index (χ1n) is 8.14. The van der Waals surface area contributed by atoms with Crippen LogP contribution in [0.4, 0.5) is 0 Å². The minimum Gasteiger partial charge on any atom is -0.344 e. The standard InChI is InChI=1S/C19H22O5/c1-13-16(20)8-10-19(22-13)24-17-9-11-18(23-14(17)2)21-12-15-6-4-3-5-7-15/h3-11,13-14,17-19H,12H2,1-2H3/t13-,14-,17+,18+,19-/m0/s1. The van der Waals surface area contributed by atoms with Gasteiger partial charge in [-0.15, -0.1) is 0 Å². The van der Waals surface area contributed by atoms with E-state index in [-0.39, 0.29) is 18.0 Å². The maximum atomic E-state index is 11.4. The topological polar surface area (TPSA) is 54.0 Å². The van der Waals surface area contributed by atoms with Crippen LogP contribution >= 0.6 is 0 Å². The highest BCUT2D eigenvalue weighted by Crippen LogP contribution is 2.21. The number of hydrogen-bond donors (Lipinski definition) is 0. The smallest absolute Gasteiger partial charge is 0.184 e. The Hall–Kier alpha value is -1.79. The van der Waals surface area contributed by atoms with Gasteiger partial charge in [-0.25, -0.2) is 0 Å². The van der Waals surface area contributed by atoms with Gasteiger partial charge in [-0.05, 0) is 37.6 Å². The predicted octanol–water partition coefficient (Wildman–Crippen LogP) is 2.76. The van der Waals surface area contributed by atoms with Gasteiger partial charge in [0.15, 0.2) is 18.4 Å². The highest BCUT2D eigenvalue weighted by molar-refractivity contribution is 5.93. The van der Waals surface area contributed by atoms with Gasteiger partial charge in [0.2, 0.25) is 0 Å². The fraction of sp³-hybridized carbons (Fsp3) is 0.421. The van der Waals surface area contributed by atoms with Crippen LogP contribution in [0.2, 0.25) is 0 Å². The molecule has 0 aliphatic carbocycles. The molecule has 0 N–H and O–H groups in total. The third-order valence-corrected chi connectivity index (χ3v) is 3.97. The van der Waals surface area contributed by atoms with Crippen molar-refractivity contribution in [3.8, 4) is 0 Å². The summed E-state index contributed by atoms with van der Waals surface area (Å²) < 4.78 is 22.9. The molecule has 24 heavy (non-hydrogen) atoms. The molecule has 0 saturated heterocycles. The number of benzene rings is 1. The minimum atomic E-state index is -0.541. The third kappa shape index (κ3) is 4.39. The van der Waals surface area contributed by atoms with Crippen molar-refractivity contribution in [1.82, 2.24) is 0 Å². The van der Waals surface area contributed by atoms with Crippen LogP contribution in [0.5, 0.6) is 0 Å². The largest absolute Gasteiger partial charge is 0.344 e. The molecule has 2 aliphatic rings. The summed E-state index contributed by atoms with van der Waals surface area (Å²) in [4.78, 5) is 11.4.